The lowest BCUT2D eigenvalue weighted by atomic mass is 9.47. The van der Waals surface area contributed by atoms with E-state index in [1.807, 2.05) is 30.3 Å². The molecule has 1 aromatic rings. The van der Waals surface area contributed by atoms with E-state index in [1.54, 1.807) is 5.57 Å². The number of hydrogen-bond donors (Lipinski definition) is 0. The molecule has 2 heteroatoms. The molecule has 4 aliphatic rings. The zero-order chi connectivity index (χ0) is 25.5. The van der Waals surface area contributed by atoms with Gasteiger partial charge in [0.25, 0.3) is 0 Å². The normalized spacial score (nSPS) is 38.4. The highest BCUT2D eigenvalue weighted by molar-refractivity contribution is 5.89. The first-order chi connectivity index (χ1) is 17.2. The van der Waals surface area contributed by atoms with E-state index in [2.05, 4.69) is 58.9 Å². The molecule has 0 spiro atoms. The van der Waals surface area contributed by atoms with Gasteiger partial charge in [0, 0.05) is 6.42 Å². The van der Waals surface area contributed by atoms with E-state index in [1.165, 1.54) is 37.7 Å². The van der Waals surface area contributed by atoms with Crippen LogP contribution in [0.2, 0.25) is 0 Å². The van der Waals surface area contributed by atoms with Crippen LogP contribution in [0.5, 0.6) is 0 Å². The summed E-state index contributed by atoms with van der Waals surface area (Å²) in [4.78, 5) is 12.7. The van der Waals surface area contributed by atoms with Crippen LogP contribution in [-0.4, -0.2) is 12.1 Å². The molecule has 0 N–H and O–H groups in total. The van der Waals surface area contributed by atoms with Crippen molar-refractivity contribution in [2.24, 2.45) is 40.4 Å². The first-order valence-electron chi connectivity index (χ1n) is 14.5. The summed E-state index contributed by atoms with van der Waals surface area (Å²) in [6, 6.07) is 9.46. The van der Waals surface area contributed by atoms with E-state index in [0.29, 0.717) is 16.9 Å². The predicted octanol–water partition coefficient (Wildman–Crippen LogP) is 8.95. The molecule has 0 heterocycles. The van der Waals surface area contributed by atoms with Crippen molar-refractivity contribution < 1.29 is 9.53 Å². The Morgan fingerprint density at radius 3 is 2.56 bits per heavy atom. The molecule has 0 bridgehead atoms. The van der Waals surface area contributed by atoms with E-state index >= 15 is 0 Å². The summed E-state index contributed by atoms with van der Waals surface area (Å²) in [6.07, 6.45) is 19.4. The van der Waals surface area contributed by atoms with Crippen molar-refractivity contribution in [1.82, 2.24) is 0 Å². The topological polar surface area (TPSA) is 26.3 Å². The SMILES string of the molecule is CC(C)=C/C=C\[C@@H](C)[C@H]1CC[C@H]2[C@@H]3CC=C4C[C@@H](OC(=O)c5ccccc5)CC[C@]4(C)C3CC[C@]12C. The van der Waals surface area contributed by atoms with Crippen LogP contribution in [-0.2, 0) is 4.74 Å². The highest BCUT2D eigenvalue weighted by Gasteiger charge is 2.59. The summed E-state index contributed by atoms with van der Waals surface area (Å²) in [7, 11) is 0. The Morgan fingerprint density at radius 2 is 1.81 bits per heavy atom. The zero-order valence-electron chi connectivity index (χ0n) is 23.1. The van der Waals surface area contributed by atoms with Gasteiger partial charge >= 0.3 is 5.97 Å². The third kappa shape index (κ3) is 4.54. The maximum atomic E-state index is 12.7. The third-order valence-electron chi connectivity index (χ3n) is 10.9. The fraction of sp³-hybridized carbons (Fsp3) is 0.618. The minimum Gasteiger partial charge on any atom is -0.458 e. The smallest absolute Gasteiger partial charge is 0.338 e. The second-order valence-corrected chi connectivity index (χ2v) is 13.1. The highest BCUT2D eigenvalue weighted by atomic mass is 16.5. The van der Waals surface area contributed by atoms with Crippen molar-refractivity contribution in [2.45, 2.75) is 92.1 Å². The van der Waals surface area contributed by atoms with Crippen molar-refractivity contribution in [3.05, 3.63) is 71.3 Å². The van der Waals surface area contributed by atoms with E-state index in [0.717, 1.165) is 42.9 Å². The van der Waals surface area contributed by atoms with Gasteiger partial charge < -0.3 is 4.74 Å². The molecule has 4 aliphatic carbocycles. The van der Waals surface area contributed by atoms with Crippen LogP contribution in [0.1, 0.15) is 96.3 Å². The van der Waals surface area contributed by atoms with Gasteiger partial charge in [0.15, 0.2) is 0 Å². The zero-order valence-corrected chi connectivity index (χ0v) is 23.1. The van der Waals surface area contributed by atoms with Crippen LogP contribution in [0, 0.1) is 40.4 Å². The molecule has 2 nitrogen and oxygen atoms in total. The number of carbonyl (C=O) groups is 1. The molecule has 36 heavy (non-hydrogen) atoms. The summed E-state index contributed by atoms with van der Waals surface area (Å²) in [5, 5.41) is 0. The second kappa shape index (κ2) is 9.99. The number of allylic oxidation sites excluding steroid dienone is 5. The summed E-state index contributed by atoms with van der Waals surface area (Å²) in [6.45, 7) is 12.0. The molecule has 0 saturated heterocycles. The lowest BCUT2D eigenvalue weighted by molar-refractivity contribution is -0.0565. The maximum Gasteiger partial charge on any atom is 0.338 e. The molecule has 0 aromatic heterocycles. The summed E-state index contributed by atoms with van der Waals surface area (Å²) in [5.74, 6) is 3.74. The van der Waals surface area contributed by atoms with Gasteiger partial charge in [-0.25, -0.2) is 4.79 Å². The number of fused-ring (bicyclic) bond motifs is 5. The van der Waals surface area contributed by atoms with Gasteiger partial charge in [0.2, 0.25) is 0 Å². The molecule has 1 aromatic carbocycles. The van der Waals surface area contributed by atoms with Gasteiger partial charge in [-0.3, -0.25) is 0 Å². The van der Waals surface area contributed by atoms with E-state index in [9.17, 15) is 4.79 Å². The summed E-state index contributed by atoms with van der Waals surface area (Å²) >= 11 is 0. The van der Waals surface area contributed by atoms with Crippen LogP contribution >= 0.6 is 0 Å². The highest BCUT2D eigenvalue weighted by Crippen LogP contribution is 2.67. The molecule has 0 radical (unpaired) electrons. The fourth-order valence-corrected chi connectivity index (χ4v) is 8.98. The average molecular weight is 487 g/mol. The van der Waals surface area contributed by atoms with Crippen molar-refractivity contribution in [2.75, 3.05) is 0 Å². The molecule has 8 atom stereocenters. The van der Waals surface area contributed by atoms with Crippen molar-refractivity contribution in [3.63, 3.8) is 0 Å². The summed E-state index contributed by atoms with van der Waals surface area (Å²) in [5.41, 5.74) is 4.37. The Hall–Kier alpha value is -2.09. The Morgan fingerprint density at radius 1 is 1.03 bits per heavy atom. The molecule has 0 amide bonds. The Bertz CT molecular complexity index is 1040. The van der Waals surface area contributed by atoms with Gasteiger partial charge in [-0.2, -0.15) is 0 Å². The molecular weight excluding hydrogens is 440 g/mol. The molecular formula is C34H46O2. The van der Waals surface area contributed by atoms with E-state index in [4.69, 9.17) is 4.74 Å². The number of rotatable bonds is 5. The average Bonchev–Trinajstić information content (AvgIpc) is 3.22. The molecule has 3 fully saturated rings. The largest absolute Gasteiger partial charge is 0.458 e. The number of carbonyl (C=O) groups excluding carboxylic acids is 1. The number of benzene rings is 1. The molecule has 3 saturated carbocycles. The molecule has 1 unspecified atom stereocenters. The predicted molar refractivity (Wildman–Crippen MR) is 149 cm³/mol. The van der Waals surface area contributed by atoms with Gasteiger partial charge in [-0.1, -0.05) is 74.4 Å². The van der Waals surface area contributed by atoms with E-state index in [-0.39, 0.29) is 17.5 Å². The van der Waals surface area contributed by atoms with Gasteiger partial charge in [0.05, 0.1) is 5.56 Å². The lowest BCUT2D eigenvalue weighted by Gasteiger charge is -2.58. The second-order valence-electron chi connectivity index (χ2n) is 13.1. The quantitative estimate of drug-likeness (QED) is 0.236. The van der Waals surface area contributed by atoms with Crippen molar-refractivity contribution >= 4 is 5.97 Å². The number of ether oxygens (including phenoxy) is 1. The monoisotopic (exact) mass is 486 g/mol. The van der Waals surface area contributed by atoms with E-state index < -0.39 is 0 Å². The minimum absolute atomic E-state index is 0.0201. The number of esters is 1. The third-order valence-corrected chi connectivity index (χ3v) is 10.9. The Balaban J connectivity index is 1.29. The minimum atomic E-state index is -0.170. The van der Waals surface area contributed by atoms with Crippen molar-refractivity contribution in [1.29, 1.82) is 0 Å². The van der Waals surface area contributed by atoms with Crippen LogP contribution in [0.25, 0.3) is 0 Å². The van der Waals surface area contributed by atoms with Crippen LogP contribution < -0.4 is 0 Å². The standard InChI is InChI=1S/C34H46O2/c1-23(2)10-9-11-24(3)29-16-17-30-28-15-14-26-22-27(36-32(35)25-12-7-6-8-13-25)18-20-33(26,4)31(28)19-21-34(29,30)5/h6-14,24,27-31H,15-22H2,1-5H3/b11-9-/t24-,27+,28+,29-,30+,31?,33+,34-/m1/s1. The Labute approximate surface area is 219 Å². The van der Waals surface area contributed by atoms with Crippen LogP contribution in [0.15, 0.2) is 65.8 Å². The Kier molecular flexibility index (Phi) is 7.09. The molecule has 5 rings (SSSR count). The first-order valence-corrected chi connectivity index (χ1v) is 14.5. The first kappa shape index (κ1) is 25.6. The fourth-order valence-electron chi connectivity index (χ4n) is 8.98. The number of hydrogen-bond acceptors (Lipinski definition) is 2. The lowest BCUT2D eigenvalue weighted by Crippen LogP contribution is -2.51. The summed E-state index contributed by atoms with van der Waals surface area (Å²) < 4.78 is 5.99. The molecule has 0 aliphatic heterocycles. The van der Waals surface area contributed by atoms with Crippen LogP contribution in [0.4, 0.5) is 0 Å². The van der Waals surface area contributed by atoms with Gasteiger partial charge in [0.1, 0.15) is 6.10 Å². The van der Waals surface area contributed by atoms with Crippen molar-refractivity contribution in [3.8, 4) is 0 Å². The van der Waals surface area contributed by atoms with Crippen LogP contribution in [0.3, 0.4) is 0 Å². The van der Waals surface area contributed by atoms with Gasteiger partial charge in [-0.05, 0) is 111 Å². The maximum absolute atomic E-state index is 12.7. The van der Waals surface area contributed by atoms with Gasteiger partial charge in [-0.15, -0.1) is 0 Å². The molecule has 194 valence electrons.